The highest BCUT2D eigenvalue weighted by atomic mass is 16.1. The fourth-order valence-corrected chi connectivity index (χ4v) is 0.682. The maximum absolute atomic E-state index is 10.9. The van der Waals surface area contributed by atoms with Crippen molar-refractivity contribution >= 4 is 18.9 Å². The number of Topliss-reactive ketones (excluding diaryl/α,β-unsaturated/α-hetero) is 1. The van der Waals surface area contributed by atoms with Crippen LogP contribution in [0.15, 0.2) is 28.5 Å². The molecule has 1 N–H and O–H groups in total. The largest absolute Gasteiger partial charge is 0.329 e. The summed E-state index contributed by atoms with van der Waals surface area (Å²) in [4.78, 5) is 24.5. The summed E-state index contributed by atoms with van der Waals surface area (Å²) in [7, 11) is 0. The Kier molecular flexibility index (Phi) is 5.11. The van der Waals surface area contributed by atoms with Crippen LogP contribution in [0.25, 0.3) is 0 Å². The van der Waals surface area contributed by atoms with Gasteiger partial charge in [-0.05, 0) is 19.7 Å². The minimum absolute atomic E-state index is 0.193. The van der Waals surface area contributed by atoms with Crippen LogP contribution in [0.5, 0.6) is 0 Å². The van der Waals surface area contributed by atoms with Crippen molar-refractivity contribution in [3.8, 4) is 0 Å². The summed E-state index contributed by atoms with van der Waals surface area (Å²) in [6, 6.07) is 0. The number of hydrogen-bond donors (Lipinski definition) is 1. The molecule has 70 valence electrons. The van der Waals surface area contributed by atoms with E-state index in [0.29, 0.717) is 12.1 Å². The number of allylic oxidation sites excluding steroid dienone is 3. The average molecular weight is 180 g/mol. The van der Waals surface area contributed by atoms with Crippen molar-refractivity contribution in [1.82, 2.24) is 5.32 Å². The van der Waals surface area contributed by atoms with E-state index in [1.807, 2.05) is 0 Å². The standard InChI is InChI=1S/C9H12N2O2/c1-4-8(11-6-12)5-9(10-3)7(2)13/h4-6H,3H2,1-2H3,(H,11,12)/b8-4+,9-5-. The summed E-state index contributed by atoms with van der Waals surface area (Å²) in [5, 5.41) is 2.42. The highest BCUT2D eigenvalue weighted by Gasteiger charge is 2.00. The van der Waals surface area contributed by atoms with E-state index < -0.39 is 0 Å². The van der Waals surface area contributed by atoms with Crippen molar-refractivity contribution in [3.63, 3.8) is 0 Å². The Balaban J connectivity index is 4.75. The van der Waals surface area contributed by atoms with Gasteiger partial charge in [0.2, 0.25) is 6.41 Å². The van der Waals surface area contributed by atoms with Crippen LogP contribution in [0.4, 0.5) is 0 Å². The van der Waals surface area contributed by atoms with Gasteiger partial charge in [-0.1, -0.05) is 6.08 Å². The van der Waals surface area contributed by atoms with Crippen LogP contribution in [0.1, 0.15) is 13.8 Å². The molecule has 0 aliphatic heterocycles. The first-order valence-electron chi connectivity index (χ1n) is 3.71. The summed E-state index contributed by atoms with van der Waals surface area (Å²) in [5.74, 6) is -0.193. The zero-order valence-electron chi connectivity index (χ0n) is 7.70. The molecule has 0 aliphatic carbocycles. The molecule has 0 aromatic carbocycles. The number of hydrogen-bond acceptors (Lipinski definition) is 3. The van der Waals surface area contributed by atoms with Gasteiger partial charge in [0.05, 0.1) is 0 Å². The Morgan fingerprint density at radius 3 is 2.46 bits per heavy atom. The number of rotatable bonds is 5. The van der Waals surface area contributed by atoms with Gasteiger partial charge in [-0.15, -0.1) is 0 Å². The summed E-state index contributed by atoms with van der Waals surface area (Å²) in [6.45, 7) is 6.37. The number of nitrogens with zero attached hydrogens (tertiary/aromatic N) is 1. The molecule has 0 fully saturated rings. The number of carbonyl (C=O) groups excluding carboxylic acids is 2. The van der Waals surface area contributed by atoms with Crippen LogP contribution in [0.3, 0.4) is 0 Å². The molecule has 4 heteroatoms. The molecular weight excluding hydrogens is 168 g/mol. The topological polar surface area (TPSA) is 58.5 Å². The monoisotopic (exact) mass is 180 g/mol. The Hall–Kier alpha value is -1.71. The van der Waals surface area contributed by atoms with Gasteiger partial charge in [-0.25, -0.2) is 0 Å². The molecular formula is C9H12N2O2. The van der Waals surface area contributed by atoms with Crippen LogP contribution in [-0.2, 0) is 9.59 Å². The van der Waals surface area contributed by atoms with Crippen molar-refractivity contribution in [2.45, 2.75) is 13.8 Å². The van der Waals surface area contributed by atoms with Gasteiger partial charge in [0, 0.05) is 12.6 Å². The maximum atomic E-state index is 10.9. The molecule has 13 heavy (non-hydrogen) atoms. The van der Waals surface area contributed by atoms with Crippen LogP contribution in [0, 0.1) is 0 Å². The summed E-state index contributed by atoms with van der Waals surface area (Å²) in [6.07, 6.45) is 3.65. The second-order valence-corrected chi connectivity index (χ2v) is 2.25. The summed E-state index contributed by atoms with van der Waals surface area (Å²) >= 11 is 0. The number of nitrogens with one attached hydrogen (secondary N) is 1. The first-order valence-corrected chi connectivity index (χ1v) is 3.71. The number of ketones is 1. The van der Waals surface area contributed by atoms with E-state index in [-0.39, 0.29) is 11.5 Å². The second-order valence-electron chi connectivity index (χ2n) is 2.25. The molecule has 0 atom stereocenters. The summed E-state index contributed by atoms with van der Waals surface area (Å²) in [5.41, 5.74) is 0.745. The molecule has 0 radical (unpaired) electrons. The van der Waals surface area contributed by atoms with E-state index in [2.05, 4.69) is 17.0 Å². The minimum Gasteiger partial charge on any atom is -0.329 e. The van der Waals surface area contributed by atoms with E-state index in [0.717, 1.165) is 0 Å². The van der Waals surface area contributed by atoms with E-state index in [1.165, 1.54) is 13.0 Å². The van der Waals surface area contributed by atoms with E-state index in [9.17, 15) is 9.59 Å². The van der Waals surface area contributed by atoms with Crippen LogP contribution >= 0.6 is 0 Å². The van der Waals surface area contributed by atoms with Crippen LogP contribution < -0.4 is 5.32 Å². The molecule has 0 saturated carbocycles. The fraction of sp³-hybridized carbons (Fsp3) is 0.222. The van der Waals surface area contributed by atoms with Gasteiger partial charge in [0.25, 0.3) is 0 Å². The lowest BCUT2D eigenvalue weighted by Gasteiger charge is -1.99. The predicted molar refractivity (Wildman–Crippen MR) is 51.3 cm³/mol. The molecule has 0 aromatic heterocycles. The fourth-order valence-electron chi connectivity index (χ4n) is 0.682. The van der Waals surface area contributed by atoms with E-state index >= 15 is 0 Å². The van der Waals surface area contributed by atoms with Crippen LogP contribution in [-0.4, -0.2) is 18.9 Å². The molecule has 0 heterocycles. The molecule has 0 aliphatic rings. The van der Waals surface area contributed by atoms with Crippen molar-refractivity contribution in [1.29, 1.82) is 0 Å². The Morgan fingerprint density at radius 2 is 2.15 bits per heavy atom. The lowest BCUT2D eigenvalue weighted by molar-refractivity contribution is -0.113. The number of carbonyl (C=O) groups is 2. The van der Waals surface area contributed by atoms with Crippen molar-refractivity contribution in [2.75, 3.05) is 0 Å². The third-order valence-corrected chi connectivity index (χ3v) is 1.36. The third kappa shape index (κ3) is 4.00. The van der Waals surface area contributed by atoms with Gasteiger partial charge in [0.15, 0.2) is 5.78 Å². The van der Waals surface area contributed by atoms with Gasteiger partial charge < -0.3 is 5.32 Å². The zero-order valence-corrected chi connectivity index (χ0v) is 7.70. The Labute approximate surface area is 77.0 Å². The molecule has 0 bridgehead atoms. The van der Waals surface area contributed by atoms with E-state index in [1.54, 1.807) is 13.0 Å². The number of aliphatic imine (C=N–C) groups is 1. The Bertz CT molecular complexity index is 277. The summed E-state index contributed by atoms with van der Waals surface area (Å²) < 4.78 is 0. The molecule has 4 nitrogen and oxygen atoms in total. The lowest BCUT2D eigenvalue weighted by atomic mass is 10.2. The quantitative estimate of drug-likeness (QED) is 0.294. The predicted octanol–water partition coefficient (Wildman–Crippen LogP) is 0.810. The van der Waals surface area contributed by atoms with Crippen molar-refractivity contribution in [2.24, 2.45) is 4.99 Å². The van der Waals surface area contributed by atoms with Gasteiger partial charge >= 0.3 is 0 Å². The van der Waals surface area contributed by atoms with Gasteiger partial charge in [0.1, 0.15) is 5.70 Å². The normalized spacial score (nSPS) is 12.2. The van der Waals surface area contributed by atoms with Gasteiger partial charge in [-0.2, -0.15) is 0 Å². The SMILES string of the molecule is C=N/C(=C\C(=C/C)NC=O)C(C)=O. The van der Waals surface area contributed by atoms with Gasteiger partial charge in [-0.3, -0.25) is 14.6 Å². The van der Waals surface area contributed by atoms with Crippen LogP contribution in [0.2, 0.25) is 0 Å². The van der Waals surface area contributed by atoms with Crippen molar-refractivity contribution < 1.29 is 9.59 Å². The molecule has 1 amide bonds. The highest BCUT2D eigenvalue weighted by molar-refractivity contribution is 5.94. The molecule has 0 saturated heterocycles. The minimum atomic E-state index is -0.193. The van der Waals surface area contributed by atoms with Crippen molar-refractivity contribution in [3.05, 3.63) is 23.5 Å². The highest BCUT2D eigenvalue weighted by Crippen LogP contribution is 2.01. The third-order valence-electron chi connectivity index (χ3n) is 1.36. The molecule has 0 aromatic rings. The molecule has 0 unspecified atom stereocenters. The first kappa shape index (κ1) is 11.3. The average Bonchev–Trinajstić information content (AvgIpc) is 2.11. The second kappa shape index (κ2) is 5.88. The molecule has 0 spiro atoms. The Morgan fingerprint density at radius 1 is 1.54 bits per heavy atom. The maximum Gasteiger partial charge on any atom is 0.211 e. The smallest absolute Gasteiger partial charge is 0.211 e. The zero-order chi connectivity index (χ0) is 10.3. The number of amides is 1. The first-order chi connectivity index (χ1) is 6.15. The lowest BCUT2D eigenvalue weighted by Crippen LogP contribution is -2.09. The molecule has 0 rings (SSSR count). The van der Waals surface area contributed by atoms with E-state index in [4.69, 9.17) is 0 Å².